The summed E-state index contributed by atoms with van der Waals surface area (Å²) >= 11 is 0. The average Bonchev–Trinajstić information content (AvgIpc) is 3.63. The number of phenols is 1. The van der Waals surface area contributed by atoms with Crippen LogP contribution in [0.1, 0.15) is 63.1 Å². The van der Waals surface area contributed by atoms with Crippen LogP contribution in [0.25, 0.3) is 10.9 Å². The maximum absolute atomic E-state index is 13.9. The van der Waals surface area contributed by atoms with Gasteiger partial charge in [-0.3, -0.25) is 9.48 Å². The number of aromatic hydroxyl groups is 1. The lowest BCUT2D eigenvalue weighted by Crippen LogP contribution is -2.21. The highest BCUT2D eigenvalue weighted by Gasteiger charge is 2.21. The second-order valence-electron chi connectivity index (χ2n) is 11.1. The molecule has 0 amide bonds. The summed E-state index contributed by atoms with van der Waals surface area (Å²) < 4.78 is 27.2. The van der Waals surface area contributed by atoms with Gasteiger partial charge in [-0.05, 0) is 75.4 Å². The molecular formula is C32H37FN2O6. The first kappa shape index (κ1) is 29.9. The van der Waals surface area contributed by atoms with Crippen LogP contribution in [0.2, 0.25) is 0 Å². The fourth-order valence-electron chi connectivity index (χ4n) is 4.88. The number of nitrogens with zero attached hydrogens (tertiary/aromatic N) is 2. The Morgan fingerprint density at radius 2 is 1.88 bits per heavy atom. The van der Waals surface area contributed by atoms with Gasteiger partial charge in [0.2, 0.25) is 0 Å². The highest BCUT2D eigenvalue weighted by molar-refractivity contribution is 5.80. The molecule has 2 heterocycles. The van der Waals surface area contributed by atoms with Crippen LogP contribution >= 0.6 is 0 Å². The van der Waals surface area contributed by atoms with E-state index in [2.05, 4.69) is 12.0 Å². The number of carboxylic acids is 1. The predicted octanol–water partition coefficient (Wildman–Crippen LogP) is 6.60. The lowest BCUT2D eigenvalue weighted by Gasteiger charge is -2.17. The zero-order valence-corrected chi connectivity index (χ0v) is 23.9. The molecule has 41 heavy (non-hydrogen) atoms. The van der Waals surface area contributed by atoms with Crippen molar-refractivity contribution in [3.8, 4) is 23.0 Å². The van der Waals surface area contributed by atoms with Gasteiger partial charge in [0, 0.05) is 48.0 Å². The van der Waals surface area contributed by atoms with Crippen LogP contribution in [-0.2, 0) is 24.2 Å². The number of ether oxygens (including phenoxy) is 2. The number of rotatable bonds is 5. The highest BCUT2D eigenvalue weighted by atomic mass is 19.1. The number of benzene rings is 3. The summed E-state index contributed by atoms with van der Waals surface area (Å²) in [7, 11) is 0. The second kappa shape index (κ2) is 12.6. The smallest absolute Gasteiger partial charge is 0.300 e. The van der Waals surface area contributed by atoms with Crippen molar-refractivity contribution in [1.82, 2.24) is 9.78 Å². The van der Waals surface area contributed by atoms with Crippen molar-refractivity contribution in [2.45, 2.75) is 71.4 Å². The molecule has 8 nitrogen and oxygen atoms in total. The zero-order chi connectivity index (χ0) is 29.7. The van der Waals surface area contributed by atoms with E-state index in [9.17, 15) is 9.50 Å². The number of aliphatic carboxylic acids is 1. The first-order valence-corrected chi connectivity index (χ1v) is 13.7. The number of carboxylic acid groups (broad SMARTS) is 1. The van der Waals surface area contributed by atoms with Gasteiger partial charge in [0.05, 0.1) is 23.9 Å². The van der Waals surface area contributed by atoms with Crippen molar-refractivity contribution in [3.63, 3.8) is 0 Å². The first-order valence-electron chi connectivity index (χ1n) is 13.7. The van der Waals surface area contributed by atoms with Gasteiger partial charge >= 0.3 is 0 Å². The van der Waals surface area contributed by atoms with Crippen LogP contribution in [0.3, 0.4) is 0 Å². The molecule has 0 saturated carbocycles. The third kappa shape index (κ3) is 7.76. The van der Waals surface area contributed by atoms with Gasteiger partial charge in [-0.2, -0.15) is 5.10 Å². The van der Waals surface area contributed by atoms with Crippen molar-refractivity contribution < 1.29 is 34.0 Å². The van der Waals surface area contributed by atoms with Crippen molar-refractivity contribution in [3.05, 3.63) is 77.2 Å². The monoisotopic (exact) mass is 564 g/mol. The van der Waals surface area contributed by atoms with Crippen LogP contribution in [0.15, 0.2) is 54.7 Å². The summed E-state index contributed by atoms with van der Waals surface area (Å²) in [6.45, 7) is 8.15. The lowest BCUT2D eigenvalue weighted by molar-refractivity contribution is -0.134. The second-order valence-corrected chi connectivity index (χ2v) is 11.1. The van der Waals surface area contributed by atoms with Crippen molar-refractivity contribution in [1.29, 1.82) is 0 Å². The van der Waals surface area contributed by atoms with Crippen molar-refractivity contribution in [2.24, 2.45) is 0 Å². The van der Waals surface area contributed by atoms with E-state index >= 15 is 0 Å². The zero-order valence-electron chi connectivity index (χ0n) is 23.9. The number of fused-ring (bicyclic) bond motifs is 3. The van der Waals surface area contributed by atoms with Gasteiger partial charge in [0.15, 0.2) is 0 Å². The Bertz CT molecular complexity index is 1520. The van der Waals surface area contributed by atoms with Crippen molar-refractivity contribution >= 4 is 16.9 Å². The quantitative estimate of drug-likeness (QED) is 0.250. The predicted molar refractivity (Wildman–Crippen MR) is 154 cm³/mol. The molecule has 3 aromatic carbocycles. The molecule has 6 rings (SSSR count). The largest absolute Gasteiger partial charge is 0.508 e. The van der Waals surface area contributed by atoms with Gasteiger partial charge in [-0.25, -0.2) is 4.39 Å². The Kier molecular flexibility index (Phi) is 9.18. The van der Waals surface area contributed by atoms with Gasteiger partial charge in [-0.1, -0.05) is 13.0 Å². The molecule has 0 fully saturated rings. The van der Waals surface area contributed by atoms with Gasteiger partial charge < -0.3 is 24.8 Å². The minimum absolute atomic E-state index is 0.134. The van der Waals surface area contributed by atoms with Gasteiger partial charge in [-0.15, -0.1) is 0 Å². The number of hydrogen-bond donors (Lipinski definition) is 3. The third-order valence-electron chi connectivity index (χ3n) is 6.98. The van der Waals surface area contributed by atoms with Crippen LogP contribution in [0.5, 0.6) is 23.0 Å². The maximum atomic E-state index is 13.9. The van der Waals surface area contributed by atoms with Crippen LogP contribution < -0.4 is 9.47 Å². The molecule has 1 aromatic heterocycles. The number of phenolic OH excluding ortho intramolecular Hbond substituents is 1. The molecule has 0 saturated heterocycles. The standard InChI is InChI=1S/C21H23FN2O2.C9H10O2.C2H4O2/c1-21(2,25)10-11-24-19-12-15(7-6-14(19)13-23-24)26-20-9-8-18(22)16-4-3-5-17(16)20;1-6-5-11-9-4-7(10)2-3-8(6)9;1-2(3)4/h6-9,12-13,25H,3-5,10-11H2,1-2H3;2-4,6,10H,5H2,1H3;1H3,(H,3,4). The van der Waals surface area contributed by atoms with E-state index in [1.807, 2.05) is 35.1 Å². The molecule has 1 atom stereocenters. The number of halogens is 1. The van der Waals surface area contributed by atoms with E-state index in [-0.39, 0.29) is 11.6 Å². The fraction of sp³-hybridized carbons (Fsp3) is 0.375. The number of aliphatic hydroxyl groups is 1. The first-order chi connectivity index (χ1) is 19.4. The van der Waals surface area contributed by atoms with E-state index in [1.165, 1.54) is 11.6 Å². The molecule has 0 spiro atoms. The Hall–Kier alpha value is -4.11. The summed E-state index contributed by atoms with van der Waals surface area (Å²) in [6, 6.07) is 14.3. The summed E-state index contributed by atoms with van der Waals surface area (Å²) in [6.07, 6.45) is 5.03. The normalized spacial score (nSPS) is 15.1. The highest BCUT2D eigenvalue weighted by Crippen LogP contribution is 2.37. The van der Waals surface area contributed by atoms with E-state index in [0.29, 0.717) is 24.6 Å². The van der Waals surface area contributed by atoms with E-state index in [4.69, 9.17) is 24.5 Å². The fourth-order valence-corrected chi connectivity index (χ4v) is 4.88. The number of aryl methyl sites for hydroxylation is 1. The van der Waals surface area contributed by atoms with Crippen LogP contribution in [-0.4, -0.2) is 43.3 Å². The van der Waals surface area contributed by atoms with Crippen molar-refractivity contribution in [2.75, 3.05) is 6.61 Å². The van der Waals surface area contributed by atoms with E-state index < -0.39 is 11.6 Å². The molecule has 218 valence electrons. The van der Waals surface area contributed by atoms with Gasteiger partial charge in [0.25, 0.3) is 5.97 Å². The van der Waals surface area contributed by atoms with E-state index in [1.54, 1.807) is 32.0 Å². The third-order valence-corrected chi connectivity index (χ3v) is 6.98. The SMILES string of the molecule is CC(=O)O.CC(C)(O)CCn1ncc2ccc(Oc3ccc(F)c4c3CCC4)cc21.CC1COc2cc(O)ccc21. The minimum Gasteiger partial charge on any atom is -0.508 e. The molecule has 0 bridgehead atoms. The molecule has 2 aliphatic rings. The maximum Gasteiger partial charge on any atom is 0.300 e. The molecule has 1 unspecified atom stereocenters. The Morgan fingerprint density at radius 1 is 1.15 bits per heavy atom. The molecule has 1 aliphatic heterocycles. The summed E-state index contributed by atoms with van der Waals surface area (Å²) in [5.74, 6) is 2.05. The lowest BCUT2D eigenvalue weighted by atomic mass is 10.0. The topological polar surface area (TPSA) is 114 Å². The number of aromatic nitrogens is 2. The Morgan fingerprint density at radius 3 is 2.61 bits per heavy atom. The minimum atomic E-state index is -0.833. The van der Waals surface area contributed by atoms with Gasteiger partial charge in [0.1, 0.15) is 28.8 Å². The molecule has 3 N–H and O–H groups in total. The molecule has 0 radical (unpaired) electrons. The summed E-state index contributed by atoms with van der Waals surface area (Å²) in [4.78, 5) is 9.00. The molecule has 4 aromatic rings. The summed E-state index contributed by atoms with van der Waals surface area (Å²) in [5, 5.41) is 31.9. The van der Waals surface area contributed by atoms with Crippen LogP contribution in [0.4, 0.5) is 4.39 Å². The number of carbonyl (C=O) groups is 1. The Labute approximate surface area is 239 Å². The molecule has 1 aliphatic carbocycles. The molecule has 9 heteroatoms. The number of hydrogen-bond acceptors (Lipinski definition) is 6. The average molecular weight is 565 g/mol. The van der Waals surface area contributed by atoms with E-state index in [0.717, 1.165) is 66.3 Å². The molecular weight excluding hydrogens is 527 g/mol. The van der Waals surface area contributed by atoms with Crippen LogP contribution in [0, 0.1) is 5.82 Å². The Balaban J connectivity index is 0.000000212. The summed E-state index contributed by atoms with van der Waals surface area (Å²) in [5.41, 5.74) is 3.20.